The molecule has 27 heavy (non-hydrogen) atoms. The monoisotopic (exact) mass is 368 g/mol. The molecule has 0 radical (unpaired) electrons. The van der Waals surface area contributed by atoms with Gasteiger partial charge in [-0.05, 0) is 18.1 Å². The largest absolute Gasteiger partial charge is 0.366 e. The van der Waals surface area contributed by atoms with Crippen molar-refractivity contribution < 1.29 is 14.3 Å². The molecule has 1 aromatic heterocycles. The van der Waals surface area contributed by atoms with Crippen LogP contribution in [0.5, 0.6) is 0 Å². The number of benzene rings is 1. The molecule has 2 fully saturated rings. The highest BCUT2D eigenvalue weighted by molar-refractivity contribution is 5.93. The standard InChI is InChI=1S/C20H24N4O3/c1-15-4-2-3-5-16(15)13-21-18-12-17(22-14-23-18)19(25)24-8-6-20(7-9-24)26-10-11-27-20/h2-5,12,14H,6-11,13H2,1H3,(H,21,22,23). The summed E-state index contributed by atoms with van der Waals surface area (Å²) in [6, 6.07) is 9.90. The zero-order valence-corrected chi connectivity index (χ0v) is 15.5. The number of carbonyl (C=O) groups is 1. The first kappa shape index (κ1) is 17.9. The summed E-state index contributed by atoms with van der Waals surface area (Å²) in [5.74, 6) is 0.0830. The van der Waals surface area contributed by atoms with Crippen molar-refractivity contribution in [3.63, 3.8) is 0 Å². The van der Waals surface area contributed by atoms with E-state index in [-0.39, 0.29) is 5.91 Å². The topological polar surface area (TPSA) is 76.6 Å². The van der Waals surface area contributed by atoms with E-state index in [0.717, 1.165) is 0 Å². The Morgan fingerprint density at radius 3 is 2.67 bits per heavy atom. The van der Waals surface area contributed by atoms with Gasteiger partial charge in [-0.1, -0.05) is 24.3 Å². The molecule has 2 aliphatic rings. The maximum absolute atomic E-state index is 12.8. The van der Waals surface area contributed by atoms with E-state index in [1.54, 1.807) is 6.07 Å². The molecule has 1 N–H and O–H groups in total. The van der Waals surface area contributed by atoms with Gasteiger partial charge in [0.1, 0.15) is 17.8 Å². The average Bonchev–Trinajstić information content (AvgIpc) is 3.16. The Hall–Kier alpha value is -2.51. The van der Waals surface area contributed by atoms with Crippen molar-refractivity contribution in [1.82, 2.24) is 14.9 Å². The Morgan fingerprint density at radius 2 is 1.93 bits per heavy atom. The van der Waals surface area contributed by atoms with Gasteiger partial charge >= 0.3 is 0 Å². The molecule has 0 atom stereocenters. The molecular weight excluding hydrogens is 344 g/mol. The van der Waals surface area contributed by atoms with Gasteiger partial charge in [-0.25, -0.2) is 9.97 Å². The minimum absolute atomic E-state index is 0.0795. The van der Waals surface area contributed by atoms with Crippen LogP contribution in [0, 0.1) is 6.92 Å². The molecule has 0 bridgehead atoms. The molecule has 0 aliphatic carbocycles. The van der Waals surface area contributed by atoms with Crippen LogP contribution < -0.4 is 5.32 Å². The molecule has 4 rings (SSSR count). The van der Waals surface area contributed by atoms with Gasteiger partial charge in [0.25, 0.3) is 5.91 Å². The van der Waals surface area contributed by atoms with Crippen LogP contribution in [-0.2, 0) is 16.0 Å². The summed E-state index contributed by atoms with van der Waals surface area (Å²) in [6.45, 7) is 5.21. The van der Waals surface area contributed by atoms with Gasteiger partial charge in [-0.3, -0.25) is 4.79 Å². The van der Waals surface area contributed by atoms with Gasteiger partial charge in [0.2, 0.25) is 0 Å². The molecule has 7 heteroatoms. The quantitative estimate of drug-likeness (QED) is 0.893. The fourth-order valence-electron chi connectivity index (χ4n) is 3.56. The molecule has 0 unspecified atom stereocenters. The smallest absolute Gasteiger partial charge is 0.272 e. The lowest BCUT2D eigenvalue weighted by molar-refractivity contribution is -0.181. The van der Waals surface area contributed by atoms with Crippen molar-refractivity contribution >= 4 is 11.7 Å². The van der Waals surface area contributed by atoms with E-state index in [1.807, 2.05) is 17.0 Å². The van der Waals surface area contributed by atoms with Crippen molar-refractivity contribution in [3.8, 4) is 0 Å². The molecule has 0 saturated carbocycles. The van der Waals surface area contributed by atoms with Crippen LogP contribution in [-0.4, -0.2) is 52.9 Å². The number of hydrogen-bond donors (Lipinski definition) is 1. The van der Waals surface area contributed by atoms with E-state index in [9.17, 15) is 4.79 Å². The SMILES string of the molecule is Cc1ccccc1CNc1cc(C(=O)N2CCC3(CC2)OCCO3)ncn1. The molecule has 2 aromatic rings. The van der Waals surface area contributed by atoms with Gasteiger partial charge in [-0.2, -0.15) is 0 Å². The van der Waals surface area contributed by atoms with E-state index in [4.69, 9.17) is 9.47 Å². The Labute approximate surface area is 158 Å². The summed E-state index contributed by atoms with van der Waals surface area (Å²) in [6.07, 6.45) is 2.83. The van der Waals surface area contributed by atoms with Gasteiger partial charge in [0.05, 0.1) is 13.2 Å². The van der Waals surface area contributed by atoms with Crippen LogP contribution in [0.4, 0.5) is 5.82 Å². The molecule has 1 amide bonds. The van der Waals surface area contributed by atoms with Crippen LogP contribution in [0.15, 0.2) is 36.7 Å². The Morgan fingerprint density at radius 1 is 1.19 bits per heavy atom. The summed E-state index contributed by atoms with van der Waals surface area (Å²) in [5.41, 5.74) is 2.82. The third-order valence-electron chi connectivity index (χ3n) is 5.23. The third-order valence-corrected chi connectivity index (χ3v) is 5.23. The summed E-state index contributed by atoms with van der Waals surface area (Å²) < 4.78 is 11.4. The normalized spacial score (nSPS) is 18.6. The van der Waals surface area contributed by atoms with Gasteiger partial charge < -0.3 is 19.7 Å². The van der Waals surface area contributed by atoms with Crippen molar-refractivity contribution in [2.24, 2.45) is 0 Å². The predicted molar refractivity (Wildman–Crippen MR) is 100 cm³/mol. The van der Waals surface area contributed by atoms with Crippen molar-refractivity contribution in [2.75, 3.05) is 31.6 Å². The number of piperidine rings is 1. The molecule has 3 heterocycles. The lowest BCUT2D eigenvalue weighted by atomic mass is 10.0. The molecule has 2 aliphatic heterocycles. The van der Waals surface area contributed by atoms with Gasteiger partial charge in [0.15, 0.2) is 5.79 Å². The van der Waals surface area contributed by atoms with Crippen LogP contribution in [0.3, 0.4) is 0 Å². The Bertz CT molecular complexity index is 810. The average molecular weight is 368 g/mol. The second-order valence-electron chi connectivity index (χ2n) is 6.97. The van der Waals surface area contributed by atoms with E-state index < -0.39 is 5.79 Å². The number of likely N-dealkylation sites (tertiary alicyclic amines) is 1. The van der Waals surface area contributed by atoms with E-state index in [2.05, 4.69) is 34.3 Å². The molecule has 2 saturated heterocycles. The summed E-state index contributed by atoms with van der Waals surface area (Å²) in [7, 11) is 0. The third kappa shape index (κ3) is 3.94. The van der Waals surface area contributed by atoms with Crippen molar-refractivity contribution in [3.05, 3.63) is 53.5 Å². The highest BCUT2D eigenvalue weighted by Crippen LogP contribution is 2.31. The number of rotatable bonds is 4. The zero-order valence-electron chi connectivity index (χ0n) is 15.5. The number of carbonyl (C=O) groups excluding carboxylic acids is 1. The van der Waals surface area contributed by atoms with Crippen LogP contribution in [0.25, 0.3) is 0 Å². The molecule has 1 spiro atoms. The number of nitrogens with one attached hydrogen (secondary N) is 1. The number of nitrogens with zero attached hydrogens (tertiary/aromatic N) is 3. The van der Waals surface area contributed by atoms with E-state index in [1.165, 1.54) is 17.5 Å². The minimum atomic E-state index is -0.483. The Kier molecular flexibility index (Phi) is 5.05. The highest BCUT2D eigenvalue weighted by Gasteiger charge is 2.41. The zero-order chi connectivity index (χ0) is 18.7. The number of amides is 1. The number of hydrogen-bond acceptors (Lipinski definition) is 6. The van der Waals surface area contributed by atoms with Crippen LogP contribution in [0.1, 0.15) is 34.5 Å². The lowest BCUT2D eigenvalue weighted by Crippen LogP contribution is -2.47. The van der Waals surface area contributed by atoms with Crippen molar-refractivity contribution in [2.45, 2.75) is 32.1 Å². The van der Waals surface area contributed by atoms with Crippen LogP contribution >= 0.6 is 0 Å². The number of aromatic nitrogens is 2. The highest BCUT2D eigenvalue weighted by atomic mass is 16.7. The van der Waals surface area contributed by atoms with Crippen molar-refractivity contribution in [1.29, 1.82) is 0 Å². The summed E-state index contributed by atoms with van der Waals surface area (Å²) >= 11 is 0. The molecular formula is C20H24N4O3. The Balaban J connectivity index is 1.38. The van der Waals surface area contributed by atoms with Gasteiger partial charge in [-0.15, -0.1) is 0 Å². The summed E-state index contributed by atoms with van der Waals surface area (Å²) in [5, 5.41) is 3.28. The maximum atomic E-state index is 12.8. The first-order chi connectivity index (χ1) is 13.2. The van der Waals surface area contributed by atoms with E-state index >= 15 is 0 Å². The van der Waals surface area contributed by atoms with E-state index in [0.29, 0.717) is 57.2 Å². The molecule has 1 aromatic carbocycles. The fourth-order valence-corrected chi connectivity index (χ4v) is 3.56. The number of aryl methyl sites for hydroxylation is 1. The second-order valence-corrected chi connectivity index (χ2v) is 6.97. The fraction of sp³-hybridized carbons (Fsp3) is 0.450. The summed E-state index contributed by atoms with van der Waals surface area (Å²) in [4.78, 5) is 23.0. The number of anilines is 1. The van der Waals surface area contributed by atoms with Gasteiger partial charge in [0, 0.05) is 38.5 Å². The predicted octanol–water partition coefficient (Wildman–Crippen LogP) is 2.38. The molecule has 7 nitrogen and oxygen atoms in total. The first-order valence-corrected chi connectivity index (χ1v) is 9.33. The molecule has 142 valence electrons. The first-order valence-electron chi connectivity index (χ1n) is 9.33. The lowest BCUT2D eigenvalue weighted by Gasteiger charge is -2.37. The number of ether oxygens (including phenoxy) is 2. The second kappa shape index (κ2) is 7.62. The maximum Gasteiger partial charge on any atom is 0.272 e. The van der Waals surface area contributed by atoms with Crippen LogP contribution in [0.2, 0.25) is 0 Å². The minimum Gasteiger partial charge on any atom is -0.366 e.